The maximum absolute atomic E-state index is 13.0. The SMILES string of the molecule is CN1CCN(c2ccc3c(=O)n(C[C@H](O)CN4CCc5ccccc5C4)ncc3c2)CC1. The number of likely N-dealkylation sites (N-methyl/N-ethyl adjacent to an activating group) is 1. The Bertz CT molecular complexity index is 1150. The monoisotopic (exact) mass is 433 g/mol. The van der Waals surface area contributed by atoms with Crippen LogP contribution in [-0.4, -0.2) is 77.1 Å². The van der Waals surface area contributed by atoms with Crippen LogP contribution in [0.1, 0.15) is 11.1 Å². The van der Waals surface area contributed by atoms with E-state index >= 15 is 0 Å². The first-order valence-electron chi connectivity index (χ1n) is 11.5. The third-order valence-electron chi connectivity index (χ3n) is 6.77. The minimum atomic E-state index is -0.646. The van der Waals surface area contributed by atoms with Crippen LogP contribution < -0.4 is 10.5 Å². The van der Waals surface area contributed by atoms with Gasteiger partial charge in [-0.1, -0.05) is 24.3 Å². The Morgan fingerprint density at radius 2 is 1.78 bits per heavy atom. The maximum Gasteiger partial charge on any atom is 0.274 e. The number of fused-ring (bicyclic) bond motifs is 2. The fourth-order valence-corrected chi connectivity index (χ4v) is 4.83. The Labute approximate surface area is 188 Å². The standard InChI is InChI=1S/C25H31N5O2/c1-27-10-12-29(13-11-27)22-6-7-24-21(14-22)15-26-30(25(24)32)18-23(31)17-28-9-8-19-4-2-3-5-20(19)16-28/h2-7,14-15,23,31H,8-13,16-18H2,1H3/t23-/m1/s1. The Hall–Kier alpha value is -2.74. The van der Waals surface area contributed by atoms with E-state index in [0.29, 0.717) is 11.9 Å². The van der Waals surface area contributed by atoms with Gasteiger partial charge in [0.15, 0.2) is 0 Å². The van der Waals surface area contributed by atoms with Gasteiger partial charge in [0.25, 0.3) is 5.56 Å². The van der Waals surface area contributed by atoms with Crippen molar-refractivity contribution in [3.63, 3.8) is 0 Å². The van der Waals surface area contributed by atoms with E-state index in [2.05, 4.69) is 57.2 Å². The molecule has 2 aromatic carbocycles. The topological polar surface area (TPSA) is 64.8 Å². The first-order valence-corrected chi connectivity index (χ1v) is 11.5. The molecule has 0 spiro atoms. The molecule has 0 bridgehead atoms. The smallest absolute Gasteiger partial charge is 0.274 e. The number of rotatable bonds is 5. The van der Waals surface area contributed by atoms with Gasteiger partial charge >= 0.3 is 0 Å². The molecular formula is C25H31N5O2. The molecule has 1 aromatic heterocycles. The molecule has 2 aliphatic rings. The van der Waals surface area contributed by atoms with Crippen molar-refractivity contribution in [3.05, 3.63) is 70.1 Å². The summed E-state index contributed by atoms with van der Waals surface area (Å²) in [4.78, 5) is 19.9. The van der Waals surface area contributed by atoms with Gasteiger partial charge in [-0.25, -0.2) is 4.68 Å². The van der Waals surface area contributed by atoms with Crippen LogP contribution >= 0.6 is 0 Å². The van der Waals surface area contributed by atoms with Gasteiger partial charge in [0.05, 0.1) is 24.2 Å². The molecule has 0 saturated carbocycles. The molecule has 0 amide bonds. The Morgan fingerprint density at radius 1 is 1.00 bits per heavy atom. The summed E-state index contributed by atoms with van der Waals surface area (Å²) in [5, 5.41) is 16.6. The van der Waals surface area contributed by atoms with Crippen LogP contribution in [0.25, 0.3) is 10.8 Å². The lowest BCUT2D eigenvalue weighted by Gasteiger charge is -2.34. The minimum Gasteiger partial charge on any atom is -0.390 e. The fraction of sp³-hybridized carbons (Fsp3) is 0.440. The maximum atomic E-state index is 13.0. The molecule has 1 atom stereocenters. The van der Waals surface area contributed by atoms with Crippen LogP contribution in [0.4, 0.5) is 5.69 Å². The average Bonchev–Trinajstić information content (AvgIpc) is 2.81. The van der Waals surface area contributed by atoms with Crippen molar-refractivity contribution in [1.82, 2.24) is 19.6 Å². The van der Waals surface area contributed by atoms with E-state index in [1.54, 1.807) is 6.20 Å². The number of anilines is 1. The largest absolute Gasteiger partial charge is 0.390 e. The molecule has 1 saturated heterocycles. The second-order valence-electron chi connectivity index (χ2n) is 9.10. The number of aliphatic hydroxyl groups excluding tert-OH is 1. The van der Waals surface area contributed by atoms with Gasteiger partial charge < -0.3 is 14.9 Å². The minimum absolute atomic E-state index is 0.143. The van der Waals surface area contributed by atoms with Crippen LogP contribution in [0.3, 0.4) is 0 Å². The molecule has 1 N–H and O–H groups in total. The molecule has 32 heavy (non-hydrogen) atoms. The molecule has 3 heterocycles. The van der Waals surface area contributed by atoms with Crippen LogP contribution in [-0.2, 0) is 19.5 Å². The predicted octanol–water partition coefficient (Wildman–Crippen LogP) is 1.57. The molecule has 0 radical (unpaired) electrons. The van der Waals surface area contributed by atoms with E-state index in [4.69, 9.17) is 0 Å². The van der Waals surface area contributed by atoms with Crippen molar-refractivity contribution in [1.29, 1.82) is 0 Å². The Kier molecular flexibility index (Phi) is 5.95. The van der Waals surface area contributed by atoms with E-state index in [-0.39, 0.29) is 12.1 Å². The van der Waals surface area contributed by atoms with Crippen molar-refractivity contribution >= 4 is 16.5 Å². The number of benzene rings is 2. The number of aliphatic hydroxyl groups is 1. The zero-order valence-electron chi connectivity index (χ0n) is 18.7. The van der Waals surface area contributed by atoms with Crippen LogP contribution in [0, 0.1) is 0 Å². The van der Waals surface area contributed by atoms with Crippen molar-refractivity contribution < 1.29 is 5.11 Å². The van der Waals surface area contributed by atoms with Crippen molar-refractivity contribution in [3.8, 4) is 0 Å². The van der Waals surface area contributed by atoms with Crippen LogP contribution in [0.5, 0.6) is 0 Å². The zero-order chi connectivity index (χ0) is 22.1. The molecule has 0 unspecified atom stereocenters. The van der Waals surface area contributed by atoms with Gasteiger partial charge in [-0.2, -0.15) is 5.10 Å². The molecule has 0 aliphatic carbocycles. The molecule has 1 fully saturated rings. The summed E-state index contributed by atoms with van der Waals surface area (Å²) >= 11 is 0. The molecule has 7 heteroatoms. The first kappa shape index (κ1) is 21.1. The summed E-state index contributed by atoms with van der Waals surface area (Å²) in [7, 11) is 2.14. The third-order valence-corrected chi connectivity index (χ3v) is 6.77. The summed E-state index contributed by atoms with van der Waals surface area (Å²) in [6.07, 6.45) is 2.10. The predicted molar refractivity (Wildman–Crippen MR) is 127 cm³/mol. The van der Waals surface area contributed by atoms with Gasteiger partial charge in [-0.15, -0.1) is 0 Å². The highest BCUT2D eigenvalue weighted by Gasteiger charge is 2.20. The summed E-state index contributed by atoms with van der Waals surface area (Å²) in [6, 6.07) is 14.5. The van der Waals surface area contributed by atoms with Crippen LogP contribution in [0.15, 0.2) is 53.5 Å². The van der Waals surface area contributed by atoms with Gasteiger partial charge in [-0.05, 0) is 42.8 Å². The van der Waals surface area contributed by atoms with E-state index in [1.807, 2.05) is 12.1 Å². The second-order valence-corrected chi connectivity index (χ2v) is 9.10. The number of hydrogen-bond acceptors (Lipinski definition) is 6. The summed E-state index contributed by atoms with van der Waals surface area (Å²) in [5.74, 6) is 0. The quantitative estimate of drug-likeness (QED) is 0.659. The van der Waals surface area contributed by atoms with E-state index in [9.17, 15) is 9.90 Å². The third kappa shape index (κ3) is 4.41. The van der Waals surface area contributed by atoms with Gasteiger partial charge in [0.2, 0.25) is 0 Å². The molecular weight excluding hydrogens is 402 g/mol. The second kappa shape index (κ2) is 9.02. The van der Waals surface area contributed by atoms with Crippen molar-refractivity contribution in [2.24, 2.45) is 0 Å². The number of β-amino-alcohol motifs (C(OH)–C–C–N with tert-alkyl or cyclic N) is 1. The molecule has 3 aromatic rings. The summed E-state index contributed by atoms with van der Waals surface area (Å²) in [5.41, 5.74) is 3.70. The highest BCUT2D eigenvalue weighted by molar-refractivity contribution is 5.84. The average molecular weight is 434 g/mol. The highest BCUT2D eigenvalue weighted by Crippen LogP contribution is 2.21. The zero-order valence-corrected chi connectivity index (χ0v) is 18.7. The lowest BCUT2D eigenvalue weighted by atomic mass is 10.00. The number of aromatic nitrogens is 2. The lowest BCUT2D eigenvalue weighted by Crippen LogP contribution is -2.44. The van der Waals surface area contributed by atoms with Crippen molar-refractivity contribution in [2.75, 3.05) is 51.2 Å². The van der Waals surface area contributed by atoms with Gasteiger partial charge in [-0.3, -0.25) is 9.69 Å². The molecule has 168 valence electrons. The summed E-state index contributed by atoms with van der Waals surface area (Å²) < 4.78 is 1.40. The normalized spacial score (nSPS) is 18.6. The van der Waals surface area contributed by atoms with Gasteiger partial charge in [0.1, 0.15) is 0 Å². The lowest BCUT2D eigenvalue weighted by molar-refractivity contribution is 0.0878. The van der Waals surface area contributed by atoms with E-state index in [0.717, 1.165) is 56.8 Å². The van der Waals surface area contributed by atoms with E-state index in [1.165, 1.54) is 15.8 Å². The number of piperazine rings is 1. The molecule has 7 nitrogen and oxygen atoms in total. The van der Waals surface area contributed by atoms with Crippen molar-refractivity contribution in [2.45, 2.75) is 25.6 Å². The first-order chi connectivity index (χ1) is 15.6. The summed E-state index contributed by atoms with van der Waals surface area (Å²) in [6.45, 7) is 6.54. The van der Waals surface area contributed by atoms with Gasteiger partial charge in [0, 0.05) is 56.9 Å². The van der Waals surface area contributed by atoms with Crippen LogP contribution in [0.2, 0.25) is 0 Å². The highest BCUT2D eigenvalue weighted by atomic mass is 16.3. The van der Waals surface area contributed by atoms with E-state index < -0.39 is 6.10 Å². The number of hydrogen-bond donors (Lipinski definition) is 1. The Balaban J connectivity index is 1.27. The number of nitrogens with zero attached hydrogens (tertiary/aromatic N) is 5. The molecule has 5 rings (SSSR count). The molecule has 2 aliphatic heterocycles. The fourth-order valence-electron chi connectivity index (χ4n) is 4.83. The Morgan fingerprint density at radius 3 is 2.59 bits per heavy atom.